The van der Waals surface area contributed by atoms with Crippen LogP contribution in [0, 0.1) is 0 Å². The lowest BCUT2D eigenvalue weighted by Gasteiger charge is -2.16. The van der Waals surface area contributed by atoms with Gasteiger partial charge in [0.1, 0.15) is 16.8 Å². The second-order valence-corrected chi connectivity index (χ2v) is 14.4. The minimum atomic E-state index is 0.326. The molecule has 1 aliphatic carbocycles. The predicted molar refractivity (Wildman–Crippen MR) is 211 cm³/mol. The van der Waals surface area contributed by atoms with Gasteiger partial charge in [0.25, 0.3) is 0 Å². The van der Waals surface area contributed by atoms with Gasteiger partial charge in [-0.15, -0.1) is 11.3 Å². The largest absolute Gasteiger partial charge is 0.436 e. The van der Waals surface area contributed by atoms with Crippen molar-refractivity contribution in [3.8, 4) is 22.4 Å². The van der Waals surface area contributed by atoms with E-state index in [0.29, 0.717) is 16.6 Å². The molecule has 1 aliphatic rings. The molecule has 7 aromatic carbocycles. The Balaban J connectivity index is 1.11. The van der Waals surface area contributed by atoms with Crippen molar-refractivity contribution in [1.82, 2.24) is 9.97 Å². The fraction of sp³-hybridized carbons (Fsp3) is 0.0222. The average molecular weight is 677 g/mol. The molecule has 11 rings (SSSR count). The van der Waals surface area contributed by atoms with Gasteiger partial charge in [-0.3, -0.25) is 0 Å². The maximum absolute atomic E-state index is 6.71. The number of thiophene rings is 1. The molecule has 0 fully saturated rings. The molecule has 5 heteroatoms. The smallest absolute Gasteiger partial charge is 0.247 e. The summed E-state index contributed by atoms with van der Waals surface area (Å²) < 4.78 is 8.61. The lowest BCUT2D eigenvalue weighted by atomic mass is 9.88. The zero-order valence-corrected chi connectivity index (χ0v) is 28.1. The van der Waals surface area contributed by atoms with E-state index in [2.05, 4.69) is 120 Å². The molecule has 50 heavy (non-hydrogen) atoms. The SMILES string of the molecule is Clc1nc2oc3ccccc3c2nc1-c1ccc(C2=Cc3ccccc3-c3c(c4sc5cc6ccccc6cc5c4c4ccccc34)C2)cc1. The monoisotopic (exact) mass is 676 g/mol. The molecule has 0 spiro atoms. The van der Waals surface area contributed by atoms with Crippen molar-refractivity contribution in [1.29, 1.82) is 0 Å². The third kappa shape index (κ3) is 4.10. The second-order valence-electron chi connectivity index (χ2n) is 13.0. The summed E-state index contributed by atoms with van der Waals surface area (Å²) in [5, 5.41) is 9.10. The number of allylic oxidation sites excluding steroid dienone is 1. The van der Waals surface area contributed by atoms with E-state index in [0.717, 1.165) is 28.5 Å². The third-order valence-electron chi connectivity index (χ3n) is 10.2. The number of hydrogen-bond acceptors (Lipinski definition) is 4. The zero-order valence-electron chi connectivity index (χ0n) is 26.6. The Morgan fingerprint density at radius 3 is 2.20 bits per heavy atom. The van der Waals surface area contributed by atoms with Crippen LogP contribution in [-0.2, 0) is 6.42 Å². The van der Waals surface area contributed by atoms with Gasteiger partial charge in [-0.2, -0.15) is 4.98 Å². The third-order valence-corrected chi connectivity index (χ3v) is 11.7. The van der Waals surface area contributed by atoms with Gasteiger partial charge in [-0.25, -0.2) is 4.98 Å². The Labute approximate surface area is 295 Å². The molecule has 0 saturated heterocycles. The van der Waals surface area contributed by atoms with Gasteiger partial charge in [0.15, 0.2) is 5.15 Å². The maximum Gasteiger partial charge on any atom is 0.247 e. The number of aromatic nitrogens is 2. The van der Waals surface area contributed by atoms with E-state index < -0.39 is 0 Å². The summed E-state index contributed by atoms with van der Waals surface area (Å²) in [7, 11) is 0. The molecule has 0 amide bonds. The van der Waals surface area contributed by atoms with Crippen LogP contribution < -0.4 is 0 Å². The number of para-hydroxylation sites is 1. The average Bonchev–Trinajstić information content (AvgIpc) is 3.65. The summed E-state index contributed by atoms with van der Waals surface area (Å²) in [6.45, 7) is 0. The van der Waals surface area contributed by atoms with Gasteiger partial charge in [-0.05, 0) is 79.2 Å². The minimum absolute atomic E-state index is 0.326. The first-order valence-electron chi connectivity index (χ1n) is 16.7. The van der Waals surface area contributed by atoms with Crippen LogP contribution in [0.25, 0.3) is 98.0 Å². The first kappa shape index (κ1) is 28.1. The lowest BCUT2D eigenvalue weighted by molar-refractivity contribution is 0.653. The van der Waals surface area contributed by atoms with Crippen molar-refractivity contribution in [2.45, 2.75) is 6.42 Å². The molecule has 0 bridgehead atoms. The van der Waals surface area contributed by atoms with Crippen molar-refractivity contribution in [3.05, 3.63) is 155 Å². The fourth-order valence-corrected chi connectivity index (χ4v) is 9.45. The number of rotatable bonds is 2. The first-order chi connectivity index (χ1) is 24.7. The molecule has 0 saturated carbocycles. The van der Waals surface area contributed by atoms with Crippen LogP contribution in [0.4, 0.5) is 0 Å². The number of benzene rings is 7. The van der Waals surface area contributed by atoms with Crippen molar-refractivity contribution < 1.29 is 4.42 Å². The quantitative estimate of drug-likeness (QED) is 0.183. The van der Waals surface area contributed by atoms with Crippen molar-refractivity contribution in [3.63, 3.8) is 0 Å². The first-order valence-corrected chi connectivity index (χ1v) is 17.9. The molecule has 0 N–H and O–H groups in total. The predicted octanol–water partition coefficient (Wildman–Crippen LogP) is 13.1. The Morgan fingerprint density at radius 2 is 1.34 bits per heavy atom. The van der Waals surface area contributed by atoms with Gasteiger partial charge < -0.3 is 4.42 Å². The van der Waals surface area contributed by atoms with Crippen LogP contribution in [0.1, 0.15) is 16.7 Å². The zero-order chi connectivity index (χ0) is 32.9. The number of hydrogen-bond donors (Lipinski definition) is 0. The Morgan fingerprint density at radius 1 is 0.640 bits per heavy atom. The fourth-order valence-electron chi connectivity index (χ4n) is 7.93. The molecule has 0 unspecified atom stereocenters. The van der Waals surface area contributed by atoms with E-state index in [1.807, 2.05) is 35.6 Å². The van der Waals surface area contributed by atoms with E-state index >= 15 is 0 Å². The summed E-state index contributed by atoms with van der Waals surface area (Å²) in [6, 6.07) is 47.7. The molecular weight excluding hydrogens is 652 g/mol. The highest BCUT2D eigenvalue weighted by atomic mass is 35.5. The van der Waals surface area contributed by atoms with Gasteiger partial charge in [0, 0.05) is 37.5 Å². The summed E-state index contributed by atoms with van der Waals surface area (Å²) in [5.74, 6) is 0. The van der Waals surface area contributed by atoms with Gasteiger partial charge in [0.05, 0.1) is 0 Å². The van der Waals surface area contributed by atoms with E-state index in [4.69, 9.17) is 21.0 Å². The van der Waals surface area contributed by atoms with E-state index in [1.54, 1.807) is 0 Å². The van der Waals surface area contributed by atoms with Gasteiger partial charge >= 0.3 is 0 Å². The Kier molecular flexibility index (Phi) is 5.95. The van der Waals surface area contributed by atoms with Gasteiger partial charge in [0.2, 0.25) is 5.71 Å². The van der Waals surface area contributed by atoms with Crippen LogP contribution >= 0.6 is 22.9 Å². The van der Waals surface area contributed by atoms with E-state index in [9.17, 15) is 0 Å². The standard InChI is InChI=1S/C45H25ClN2OS/c46-44-41(47-42-34-15-7-8-16-37(34)49-45(42)48-44)26-19-17-25(18-20-26)30-21-29-11-3-4-12-31(29)39-32-13-5-6-14-33(32)40-35-22-27-9-1-2-10-28(27)24-38(35)50-43(40)36(39)23-30/h1-22,24H,23H2. The van der Waals surface area contributed by atoms with Crippen LogP contribution in [-0.4, -0.2) is 9.97 Å². The van der Waals surface area contributed by atoms with Crippen molar-refractivity contribution in [2.75, 3.05) is 0 Å². The Bertz CT molecular complexity index is 3080. The van der Waals surface area contributed by atoms with E-state index in [1.165, 1.54) is 75.1 Å². The summed E-state index contributed by atoms with van der Waals surface area (Å²) in [5.41, 5.74) is 11.2. The lowest BCUT2D eigenvalue weighted by Crippen LogP contribution is -1.95. The van der Waals surface area contributed by atoms with Crippen LogP contribution in [0.15, 0.2) is 138 Å². The Hall–Kier alpha value is -5.81. The highest BCUT2D eigenvalue weighted by Gasteiger charge is 2.25. The van der Waals surface area contributed by atoms with Crippen molar-refractivity contribution in [2.24, 2.45) is 0 Å². The highest BCUT2D eigenvalue weighted by Crippen LogP contribution is 2.50. The normalized spacial score (nSPS) is 12.9. The van der Waals surface area contributed by atoms with Crippen molar-refractivity contribution >= 4 is 98.5 Å². The summed E-state index contributed by atoms with van der Waals surface area (Å²) >= 11 is 8.64. The molecule has 10 aromatic rings. The molecule has 3 aromatic heterocycles. The molecule has 0 aliphatic heterocycles. The molecular formula is C45H25ClN2OS. The van der Waals surface area contributed by atoms with E-state index in [-0.39, 0.29) is 0 Å². The number of fused-ring (bicyclic) bond motifs is 14. The second kappa shape index (κ2) is 10.6. The maximum atomic E-state index is 6.71. The van der Waals surface area contributed by atoms with Crippen LogP contribution in [0.3, 0.4) is 0 Å². The molecule has 234 valence electrons. The van der Waals surface area contributed by atoms with Crippen LogP contribution in [0.2, 0.25) is 5.15 Å². The minimum Gasteiger partial charge on any atom is -0.436 e. The topological polar surface area (TPSA) is 38.9 Å². The van der Waals surface area contributed by atoms with Crippen LogP contribution in [0.5, 0.6) is 0 Å². The molecule has 3 nitrogen and oxygen atoms in total. The number of halogens is 1. The van der Waals surface area contributed by atoms with Gasteiger partial charge in [-0.1, -0.05) is 127 Å². The highest BCUT2D eigenvalue weighted by molar-refractivity contribution is 7.26. The summed E-state index contributed by atoms with van der Waals surface area (Å²) in [6.07, 6.45) is 3.19. The molecule has 3 heterocycles. The molecule has 0 atom stereocenters. The summed E-state index contributed by atoms with van der Waals surface area (Å²) in [4.78, 5) is 9.53. The molecule has 0 radical (unpaired) electrons. The number of nitrogens with zero attached hydrogens (tertiary/aromatic N) is 2. The number of furan rings is 1.